The Balaban J connectivity index is 1.80. The minimum absolute atomic E-state index is 0.0210. The molecule has 1 aromatic heterocycles. The Morgan fingerprint density at radius 1 is 1.38 bits per heavy atom. The van der Waals surface area contributed by atoms with Gasteiger partial charge in [0.05, 0.1) is 10.6 Å². The number of amides is 1. The lowest BCUT2D eigenvalue weighted by atomic mass is 10.1. The van der Waals surface area contributed by atoms with Gasteiger partial charge in [0.2, 0.25) is 0 Å². The van der Waals surface area contributed by atoms with Crippen molar-refractivity contribution in [2.75, 3.05) is 38.5 Å². The van der Waals surface area contributed by atoms with Crippen LogP contribution in [0.5, 0.6) is 0 Å². The second-order valence-electron chi connectivity index (χ2n) is 5.74. The summed E-state index contributed by atoms with van der Waals surface area (Å²) in [7, 11) is 1.78. The van der Waals surface area contributed by atoms with Crippen molar-refractivity contribution in [3.05, 3.63) is 22.8 Å². The number of rotatable bonds is 2. The lowest BCUT2D eigenvalue weighted by Gasteiger charge is -2.26. The fourth-order valence-corrected chi connectivity index (χ4v) is 3.48. The van der Waals surface area contributed by atoms with E-state index in [4.69, 9.17) is 11.6 Å². The summed E-state index contributed by atoms with van der Waals surface area (Å²) in [6.45, 7) is 3.89. The van der Waals surface area contributed by atoms with Gasteiger partial charge in [0.15, 0.2) is 0 Å². The molecule has 2 aliphatic heterocycles. The zero-order chi connectivity index (χ0) is 14.8. The zero-order valence-electron chi connectivity index (χ0n) is 12.3. The fraction of sp³-hybridized carbons (Fsp3) is 0.600. The molecule has 1 N–H and O–H groups in total. The lowest BCUT2D eigenvalue weighted by molar-refractivity contribution is 0.0743. The van der Waals surface area contributed by atoms with Gasteiger partial charge in [0.25, 0.3) is 5.91 Å². The first-order valence-electron chi connectivity index (χ1n) is 7.55. The number of nitrogens with zero attached hydrogens (tertiary/aromatic N) is 3. The number of anilines is 1. The van der Waals surface area contributed by atoms with E-state index in [1.54, 1.807) is 19.3 Å². The normalized spacial score (nSPS) is 22.8. The largest absolute Gasteiger partial charge is 0.373 e. The number of hydrogen-bond acceptors (Lipinski definition) is 4. The number of carbonyl (C=O) groups is 1. The van der Waals surface area contributed by atoms with E-state index in [-0.39, 0.29) is 5.91 Å². The predicted octanol–water partition coefficient (Wildman–Crippen LogP) is 2.09. The van der Waals surface area contributed by atoms with Crippen LogP contribution in [-0.2, 0) is 0 Å². The molecule has 1 aromatic rings. The van der Waals surface area contributed by atoms with Crippen LogP contribution < -0.4 is 5.32 Å². The first-order chi connectivity index (χ1) is 10.2. The van der Waals surface area contributed by atoms with Gasteiger partial charge in [-0.3, -0.25) is 9.69 Å². The SMILES string of the molecule is CNc1cc(C(=O)N2CCCN3CCCC3C2)c(Cl)cn1. The second-order valence-corrected chi connectivity index (χ2v) is 6.14. The van der Waals surface area contributed by atoms with Crippen LogP contribution in [0.3, 0.4) is 0 Å². The van der Waals surface area contributed by atoms with Gasteiger partial charge in [-0.2, -0.15) is 0 Å². The Morgan fingerprint density at radius 3 is 3.00 bits per heavy atom. The summed E-state index contributed by atoms with van der Waals surface area (Å²) in [5, 5.41) is 3.38. The smallest absolute Gasteiger partial charge is 0.255 e. The van der Waals surface area contributed by atoms with Crippen LogP contribution in [0, 0.1) is 0 Å². The van der Waals surface area contributed by atoms with Crippen molar-refractivity contribution in [3.63, 3.8) is 0 Å². The Kier molecular flexibility index (Phi) is 4.31. The molecule has 0 saturated carbocycles. The average Bonchev–Trinajstić information content (AvgIpc) is 2.84. The van der Waals surface area contributed by atoms with Crippen LogP contribution in [0.25, 0.3) is 0 Å². The molecule has 21 heavy (non-hydrogen) atoms. The third kappa shape index (κ3) is 2.99. The quantitative estimate of drug-likeness (QED) is 0.909. The molecule has 0 aliphatic carbocycles. The van der Waals surface area contributed by atoms with Gasteiger partial charge in [-0.15, -0.1) is 0 Å². The molecule has 6 heteroatoms. The van der Waals surface area contributed by atoms with E-state index in [1.165, 1.54) is 19.4 Å². The van der Waals surface area contributed by atoms with Gasteiger partial charge in [0, 0.05) is 38.9 Å². The number of pyridine rings is 1. The van der Waals surface area contributed by atoms with Crippen molar-refractivity contribution in [2.24, 2.45) is 0 Å². The maximum atomic E-state index is 12.8. The fourth-order valence-electron chi connectivity index (χ4n) is 3.30. The van der Waals surface area contributed by atoms with Gasteiger partial charge >= 0.3 is 0 Å². The standard InChI is InChI=1S/C15H21ClN4O/c1-17-14-8-12(13(16)9-18-14)15(21)20-7-3-6-19-5-2-4-11(19)10-20/h8-9,11H,2-7,10H2,1H3,(H,17,18). The molecule has 0 spiro atoms. The maximum absolute atomic E-state index is 12.8. The number of aromatic nitrogens is 1. The Labute approximate surface area is 130 Å². The zero-order valence-corrected chi connectivity index (χ0v) is 13.1. The van der Waals surface area contributed by atoms with Crippen molar-refractivity contribution in [1.29, 1.82) is 0 Å². The van der Waals surface area contributed by atoms with Gasteiger partial charge in [-0.05, 0) is 31.9 Å². The van der Waals surface area contributed by atoms with Crippen LogP contribution in [0.15, 0.2) is 12.3 Å². The van der Waals surface area contributed by atoms with E-state index in [1.807, 2.05) is 4.90 Å². The van der Waals surface area contributed by atoms with E-state index in [0.717, 1.165) is 26.1 Å². The number of carbonyl (C=O) groups excluding carboxylic acids is 1. The molecule has 5 nitrogen and oxygen atoms in total. The molecule has 0 radical (unpaired) electrons. The molecule has 2 saturated heterocycles. The molecule has 1 amide bonds. The monoisotopic (exact) mass is 308 g/mol. The van der Waals surface area contributed by atoms with E-state index in [0.29, 0.717) is 22.4 Å². The topological polar surface area (TPSA) is 48.5 Å². The summed E-state index contributed by atoms with van der Waals surface area (Å²) in [4.78, 5) is 21.4. The van der Waals surface area contributed by atoms with E-state index in [2.05, 4.69) is 15.2 Å². The van der Waals surface area contributed by atoms with Gasteiger partial charge in [0.1, 0.15) is 5.82 Å². The molecule has 2 fully saturated rings. The Hall–Kier alpha value is -1.33. The maximum Gasteiger partial charge on any atom is 0.255 e. The lowest BCUT2D eigenvalue weighted by Crippen LogP contribution is -2.39. The third-order valence-corrected chi connectivity index (χ3v) is 4.73. The van der Waals surface area contributed by atoms with E-state index < -0.39 is 0 Å². The predicted molar refractivity (Wildman–Crippen MR) is 83.9 cm³/mol. The molecule has 3 rings (SSSR count). The summed E-state index contributed by atoms with van der Waals surface area (Å²) in [6, 6.07) is 2.25. The summed E-state index contributed by atoms with van der Waals surface area (Å²) in [5.74, 6) is 0.688. The summed E-state index contributed by atoms with van der Waals surface area (Å²) < 4.78 is 0. The molecule has 0 aromatic carbocycles. The highest BCUT2D eigenvalue weighted by Gasteiger charge is 2.31. The highest BCUT2D eigenvalue weighted by atomic mass is 35.5. The van der Waals surface area contributed by atoms with Gasteiger partial charge in [-0.25, -0.2) is 4.98 Å². The molecular weight excluding hydrogens is 288 g/mol. The molecule has 1 unspecified atom stereocenters. The van der Waals surface area contributed by atoms with Crippen LogP contribution >= 0.6 is 11.6 Å². The average molecular weight is 309 g/mol. The molecule has 0 bridgehead atoms. The van der Waals surface area contributed by atoms with E-state index in [9.17, 15) is 4.79 Å². The summed E-state index contributed by atoms with van der Waals surface area (Å²) in [5.41, 5.74) is 0.544. The van der Waals surface area contributed by atoms with E-state index >= 15 is 0 Å². The number of halogens is 1. The number of hydrogen-bond donors (Lipinski definition) is 1. The van der Waals surface area contributed by atoms with Crippen LogP contribution in [-0.4, -0.2) is 60.0 Å². The molecule has 114 valence electrons. The third-order valence-electron chi connectivity index (χ3n) is 4.43. The highest BCUT2D eigenvalue weighted by molar-refractivity contribution is 6.33. The van der Waals surface area contributed by atoms with Crippen molar-refractivity contribution in [1.82, 2.24) is 14.8 Å². The van der Waals surface area contributed by atoms with Gasteiger partial charge in [-0.1, -0.05) is 11.6 Å². The Morgan fingerprint density at radius 2 is 2.19 bits per heavy atom. The molecular formula is C15H21ClN4O. The van der Waals surface area contributed by atoms with Crippen LogP contribution in [0.2, 0.25) is 5.02 Å². The van der Waals surface area contributed by atoms with Crippen molar-refractivity contribution in [3.8, 4) is 0 Å². The Bertz CT molecular complexity index is 536. The van der Waals surface area contributed by atoms with Gasteiger partial charge < -0.3 is 10.2 Å². The summed E-state index contributed by atoms with van der Waals surface area (Å²) >= 11 is 6.17. The van der Waals surface area contributed by atoms with Crippen LogP contribution in [0.4, 0.5) is 5.82 Å². The van der Waals surface area contributed by atoms with Crippen molar-refractivity contribution >= 4 is 23.3 Å². The second kappa shape index (κ2) is 6.20. The molecule has 2 aliphatic rings. The highest BCUT2D eigenvalue weighted by Crippen LogP contribution is 2.24. The molecule has 3 heterocycles. The summed E-state index contributed by atoms with van der Waals surface area (Å²) in [6.07, 6.45) is 5.01. The minimum Gasteiger partial charge on any atom is -0.373 e. The van der Waals surface area contributed by atoms with Crippen molar-refractivity contribution < 1.29 is 4.79 Å². The number of nitrogens with one attached hydrogen (secondary N) is 1. The minimum atomic E-state index is 0.0210. The van der Waals surface area contributed by atoms with Crippen molar-refractivity contribution in [2.45, 2.75) is 25.3 Å². The number of fused-ring (bicyclic) bond motifs is 1. The van der Waals surface area contributed by atoms with Crippen LogP contribution in [0.1, 0.15) is 29.6 Å². The first-order valence-corrected chi connectivity index (χ1v) is 7.93. The first kappa shape index (κ1) is 14.6. The molecule has 1 atom stereocenters.